The fourth-order valence-corrected chi connectivity index (χ4v) is 2.69. The number of amides is 3. The Morgan fingerprint density at radius 2 is 1.88 bits per heavy atom. The van der Waals surface area contributed by atoms with Crippen molar-refractivity contribution in [1.29, 1.82) is 0 Å². The predicted molar refractivity (Wildman–Crippen MR) is 90.4 cm³/mol. The molecule has 0 saturated carbocycles. The Kier molecular flexibility index (Phi) is 4.65. The van der Waals surface area contributed by atoms with Crippen LogP contribution in [0.3, 0.4) is 0 Å². The molecule has 1 fully saturated rings. The molecule has 130 valence electrons. The quantitative estimate of drug-likeness (QED) is 0.897. The third kappa shape index (κ3) is 3.76. The molecule has 1 atom stereocenters. The summed E-state index contributed by atoms with van der Waals surface area (Å²) < 4.78 is 26.5. The molecule has 1 aliphatic heterocycles. The average molecular weight is 345 g/mol. The molecule has 2 aromatic carbocycles. The second-order valence-electron chi connectivity index (χ2n) is 5.87. The topological polar surface area (TPSA) is 61.4 Å². The number of nitrogens with zero attached hydrogens (tertiary/aromatic N) is 1. The minimum atomic E-state index is -0.680. The zero-order valence-corrected chi connectivity index (χ0v) is 13.6. The Bertz CT molecular complexity index is 808. The minimum absolute atomic E-state index is 0.267. The van der Waals surface area contributed by atoms with Gasteiger partial charge in [-0.05, 0) is 55.3 Å². The van der Waals surface area contributed by atoms with Gasteiger partial charge in [-0.2, -0.15) is 0 Å². The number of benzene rings is 2. The molecule has 1 aliphatic rings. The van der Waals surface area contributed by atoms with Crippen LogP contribution in [0.5, 0.6) is 0 Å². The van der Waals surface area contributed by atoms with Crippen molar-refractivity contribution in [2.24, 2.45) is 0 Å². The summed E-state index contributed by atoms with van der Waals surface area (Å²) in [5.41, 5.74) is 1.37. The molecule has 3 rings (SSSR count). The van der Waals surface area contributed by atoms with E-state index in [2.05, 4.69) is 10.6 Å². The van der Waals surface area contributed by atoms with Crippen molar-refractivity contribution in [3.63, 3.8) is 0 Å². The Morgan fingerprint density at radius 1 is 1.16 bits per heavy atom. The highest BCUT2D eigenvalue weighted by Crippen LogP contribution is 2.22. The number of hydrogen-bond acceptors (Lipinski definition) is 2. The number of nitrogens with one attached hydrogen (secondary N) is 2. The van der Waals surface area contributed by atoms with Crippen LogP contribution in [0.25, 0.3) is 0 Å². The van der Waals surface area contributed by atoms with Crippen LogP contribution in [0.1, 0.15) is 12.0 Å². The lowest BCUT2D eigenvalue weighted by atomic mass is 10.2. The van der Waals surface area contributed by atoms with Crippen LogP contribution in [0.2, 0.25) is 0 Å². The summed E-state index contributed by atoms with van der Waals surface area (Å²) in [4.78, 5) is 25.9. The largest absolute Gasteiger partial charge is 0.326 e. The van der Waals surface area contributed by atoms with E-state index >= 15 is 0 Å². The van der Waals surface area contributed by atoms with Crippen molar-refractivity contribution >= 4 is 23.3 Å². The summed E-state index contributed by atoms with van der Waals surface area (Å²) in [5.74, 6) is -1.07. The molecule has 1 heterocycles. The van der Waals surface area contributed by atoms with E-state index in [1.165, 1.54) is 35.2 Å². The van der Waals surface area contributed by atoms with E-state index in [9.17, 15) is 18.4 Å². The van der Waals surface area contributed by atoms with E-state index in [4.69, 9.17) is 0 Å². The fraction of sp³-hybridized carbons (Fsp3) is 0.222. The fourth-order valence-electron chi connectivity index (χ4n) is 2.69. The molecule has 0 spiro atoms. The van der Waals surface area contributed by atoms with Crippen molar-refractivity contribution in [2.45, 2.75) is 19.4 Å². The second-order valence-corrected chi connectivity index (χ2v) is 5.87. The monoisotopic (exact) mass is 345 g/mol. The normalized spacial score (nSPS) is 16.8. The van der Waals surface area contributed by atoms with Crippen LogP contribution >= 0.6 is 0 Å². The lowest BCUT2D eigenvalue weighted by Crippen LogP contribution is -2.43. The third-order valence-electron chi connectivity index (χ3n) is 4.08. The molecule has 1 unspecified atom stereocenters. The highest BCUT2D eigenvalue weighted by molar-refractivity contribution is 6.02. The van der Waals surface area contributed by atoms with E-state index in [1.807, 2.05) is 0 Å². The van der Waals surface area contributed by atoms with E-state index in [1.54, 1.807) is 19.1 Å². The van der Waals surface area contributed by atoms with Gasteiger partial charge in [-0.3, -0.25) is 4.79 Å². The smallest absolute Gasteiger partial charge is 0.319 e. The van der Waals surface area contributed by atoms with Gasteiger partial charge in [0.05, 0.1) is 0 Å². The average Bonchev–Trinajstić information content (AvgIpc) is 2.93. The summed E-state index contributed by atoms with van der Waals surface area (Å²) in [6, 6.07) is 8.69. The highest BCUT2D eigenvalue weighted by Gasteiger charge is 2.33. The van der Waals surface area contributed by atoms with E-state index < -0.39 is 17.9 Å². The molecule has 3 amide bonds. The summed E-state index contributed by atoms with van der Waals surface area (Å²) in [7, 11) is 0. The van der Waals surface area contributed by atoms with E-state index in [0.29, 0.717) is 29.9 Å². The molecular formula is C18H17F2N3O2. The Balaban J connectivity index is 1.61. The standard InChI is InChI=1S/C18H17F2N3O2/c1-11-2-5-13(10-15(11)20)21-18(25)22-16-8-9-23(17(16)24)14-6-3-12(19)4-7-14/h2-7,10,16H,8-9H2,1H3,(H2,21,22,25). The molecule has 0 bridgehead atoms. The Labute approximate surface area is 143 Å². The molecule has 0 aromatic heterocycles. The summed E-state index contributed by atoms with van der Waals surface area (Å²) in [6.07, 6.45) is 0.436. The first kappa shape index (κ1) is 16.9. The van der Waals surface area contributed by atoms with Crippen LogP contribution < -0.4 is 15.5 Å². The van der Waals surface area contributed by atoms with Crippen molar-refractivity contribution < 1.29 is 18.4 Å². The lowest BCUT2D eigenvalue weighted by molar-refractivity contribution is -0.118. The van der Waals surface area contributed by atoms with Gasteiger partial charge in [0, 0.05) is 17.9 Å². The van der Waals surface area contributed by atoms with E-state index in [-0.39, 0.29) is 11.7 Å². The second kappa shape index (κ2) is 6.88. The summed E-state index contributed by atoms with van der Waals surface area (Å²) in [6.45, 7) is 2.05. The summed E-state index contributed by atoms with van der Waals surface area (Å²) in [5, 5.41) is 5.09. The number of anilines is 2. The van der Waals surface area contributed by atoms with Crippen molar-refractivity contribution in [3.8, 4) is 0 Å². The predicted octanol–water partition coefficient (Wildman–Crippen LogP) is 3.20. The van der Waals surface area contributed by atoms with Crippen LogP contribution in [0.15, 0.2) is 42.5 Å². The Hall–Kier alpha value is -2.96. The highest BCUT2D eigenvalue weighted by atomic mass is 19.1. The van der Waals surface area contributed by atoms with Gasteiger partial charge >= 0.3 is 6.03 Å². The van der Waals surface area contributed by atoms with Crippen molar-refractivity contribution in [2.75, 3.05) is 16.8 Å². The molecule has 25 heavy (non-hydrogen) atoms. The SMILES string of the molecule is Cc1ccc(NC(=O)NC2CCN(c3ccc(F)cc3)C2=O)cc1F. The lowest BCUT2D eigenvalue weighted by Gasteiger charge is -2.17. The maximum Gasteiger partial charge on any atom is 0.319 e. The summed E-state index contributed by atoms with van der Waals surface area (Å²) >= 11 is 0. The van der Waals surface area contributed by atoms with Gasteiger partial charge < -0.3 is 15.5 Å². The number of urea groups is 1. The number of halogens is 2. The molecule has 1 saturated heterocycles. The van der Waals surface area contributed by atoms with Crippen LogP contribution in [0, 0.1) is 18.6 Å². The molecule has 2 N–H and O–H groups in total. The molecular weight excluding hydrogens is 328 g/mol. The van der Waals surface area contributed by atoms with Crippen molar-refractivity contribution in [1.82, 2.24) is 5.32 Å². The van der Waals surface area contributed by atoms with Gasteiger partial charge in [-0.25, -0.2) is 13.6 Å². The van der Waals surface area contributed by atoms with Gasteiger partial charge in [0.2, 0.25) is 5.91 Å². The zero-order valence-electron chi connectivity index (χ0n) is 13.6. The molecule has 2 aromatic rings. The van der Waals surface area contributed by atoms with Gasteiger partial charge in [-0.15, -0.1) is 0 Å². The van der Waals surface area contributed by atoms with Crippen molar-refractivity contribution in [3.05, 3.63) is 59.7 Å². The van der Waals surface area contributed by atoms with Crippen LogP contribution in [0.4, 0.5) is 25.0 Å². The van der Waals surface area contributed by atoms with E-state index in [0.717, 1.165) is 0 Å². The minimum Gasteiger partial charge on any atom is -0.326 e. The number of rotatable bonds is 3. The Morgan fingerprint density at radius 3 is 2.56 bits per heavy atom. The molecule has 0 aliphatic carbocycles. The molecule has 7 heteroatoms. The molecule has 5 nitrogen and oxygen atoms in total. The first-order valence-corrected chi connectivity index (χ1v) is 7.84. The van der Waals surface area contributed by atoms with Crippen LogP contribution in [-0.4, -0.2) is 24.5 Å². The van der Waals surface area contributed by atoms with Gasteiger partial charge in [0.25, 0.3) is 0 Å². The third-order valence-corrected chi connectivity index (χ3v) is 4.08. The van der Waals surface area contributed by atoms with Gasteiger partial charge in [0.15, 0.2) is 0 Å². The first-order chi connectivity index (χ1) is 11.9. The number of hydrogen-bond donors (Lipinski definition) is 2. The number of carbonyl (C=O) groups excluding carboxylic acids is 2. The zero-order chi connectivity index (χ0) is 18.0. The maximum absolute atomic E-state index is 13.5. The number of aryl methyl sites for hydroxylation is 1. The number of carbonyl (C=O) groups is 2. The van der Waals surface area contributed by atoms with Gasteiger partial charge in [0.1, 0.15) is 17.7 Å². The van der Waals surface area contributed by atoms with Gasteiger partial charge in [-0.1, -0.05) is 6.07 Å². The molecule has 0 radical (unpaired) electrons. The maximum atomic E-state index is 13.5. The first-order valence-electron chi connectivity index (χ1n) is 7.84. The van der Waals surface area contributed by atoms with Crippen LogP contribution in [-0.2, 0) is 4.79 Å².